The van der Waals surface area contributed by atoms with Gasteiger partial charge in [0.2, 0.25) is 11.8 Å². The third-order valence-corrected chi connectivity index (χ3v) is 5.58. The van der Waals surface area contributed by atoms with Crippen molar-refractivity contribution in [2.75, 3.05) is 30.0 Å². The van der Waals surface area contributed by atoms with Gasteiger partial charge >= 0.3 is 6.18 Å². The molecule has 0 spiro atoms. The number of para-hydroxylation sites is 1. The van der Waals surface area contributed by atoms with Gasteiger partial charge in [0.15, 0.2) is 0 Å². The molecule has 2 aromatic rings. The lowest BCUT2D eigenvalue weighted by molar-refractivity contribution is -0.137. The van der Waals surface area contributed by atoms with Gasteiger partial charge in [0.1, 0.15) is 12.4 Å². The van der Waals surface area contributed by atoms with Crippen molar-refractivity contribution in [1.82, 2.24) is 0 Å². The Morgan fingerprint density at radius 1 is 1.19 bits per heavy atom. The second-order valence-corrected chi connectivity index (χ2v) is 7.88. The number of carbonyl (C=O) groups is 2. The number of nitrogens with one attached hydrogen (secondary N) is 1. The molecule has 2 fully saturated rings. The van der Waals surface area contributed by atoms with Crippen molar-refractivity contribution in [2.24, 2.45) is 5.92 Å². The molecule has 32 heavy (non-hydrogen) atoms. The molecule has 2 aliphatic heterocycles. The SMILES string of the molecule is O=C(Nc1cc(C(F)(F)F)ccc1OC[C@H]1CCCO1)[C@@H]1CC(=O)N(c2ccccc2)C1. The Morgan fingerprint density at radius 2 is 1.97 bits per heavy atom. The molecule has 2 aliphatic rings. The van der Waals surface area contributed by atoms with Gasteiger partial charge < -0.3 is 19.7 Å². The number of rotatable bonds is 6. The van der Waals surface area contributed by atoms with Gasteiger partial charge in [0.05, 0.1) is 23.3 Å². The van der Waals surface area contributed by atoms with Crippen molar-refractivity contribution >= 4 is 23.2 Å². The summed E-state index contributed by atoms with van der Waals surface area (Å²) in [5.41, 5.74) is -0.299. The monoisotopic (exact) mass is 448 g/mol. The quantitative estimate of drug-likeness (QED) is 0.717. The molecule has 4 rings (SSSR count). The second kappa shape index (κ2) is 9.20. The third-order valence-electron chi connectivity index (χ3n) is 5.58. The minimum Gasteiger partial charge on any atom is -0.489 e. The first kappa shape index (κ1) is 22.1. The molecule has 0 aromatic heterocycles. The zero-order valence-corrected chi connectivity index (χ0v) is 17.2. The van der Waals surface area contributed by atoms with Crippen molar-refractivity contribution in [3.63, 3.8) is 0 Å². The van der Waals surface area contributed by atoms with Crippen molar-refractivity contribution in [2.45, 2.75) is 31.5 Å². The molecule has 2 heterocycles. The number of alkyl halides is 3. The standard InChI is InChI=1S/C23H23F3N2O4/c24-23(25,26)16-8-9-20(32-14-18-7-4-10-31-18)19(12-16)27-22(30)15-11-21(29)28(13-15)17-5-2-1-3-6-17/h1-3,5-6,8-9,12,15,18H,4,7,10-11,13-14H2,(H,27,30)/t15-,18-/m1/s1. The number of hydrogen-bond acceptors (Lipinski definition) is 4. The average molecular weight is 448 g/mol. The highest BCUT2D eigenvalue weighted by Crippen LogP contribution is 2.36. The number of ether oxygens (including phenoxy) is 2. The molecule has 2 amide bonds. The van der Waals surface area contributed by atoms with Crippen LogP contribution in [0.4, 0.5) is 24.5 Å². The summed E-state index contributed by atoms with van der Waals surface area (Å²) in [6, 6.07) is 11.9. The maximum Gasteiger partial charge on any atom is 0.416 e. The predicted molar refractivity (Wildman–Crippen MR) is 111 cm³/mol. The predicted octanol–water partition coefficient (Wildman–Crippen LogP) is 4.25. The fourth-order valence-electron chi connectivity index (χ4n) is 3.86. The summed E-state index contributed by atoms with van der Waals surface area (Å²) in [6.45, 7) is 0.954. The molecule has 170 valence electrons. The van der Waals surface area contributed by atoms with Crippen LogP contribution in [0.2, 0.25) is 0 Å². The summed E-state index contributed by atoms with van der Waals surface area (Å²) < 4.78 is 50.9. The van der Waals surface area contributed by atoms with Crippen LogP contribution in [0.1, 0.15) is 24.8 Å². The topological polar surface area (TPSA) is 67.9 Å². The van der Waals surface area contributed by atoms with Gasteiger partial charge in [-0.3, -0.25) is 9.59 Å². The maximum atomic E-state index is 13.2. The van der Waals surface area contributed by atoms with Gasteiger partial charge in [-0.05, 0) is 43.2 Å². The van der Waals surface area contributed by atoms with Crippen molar-refractivity contribution < 1.29 is 32.2 Å². The summed E-state index contributed by atoms with van der Waals surface area (Å²) in [5.74, 6) is -1.30. The molecule has 2 saturated heterocycles. The fourth-order valence-corrected chi connectivity index (χ4v) is 3.86. The number of carbonyl (C=O) groups excluding carboxylic acids is 2. The highest BCUT2D eigenvalue weighted by Gasteiger charge is 2.36. The van der Waals surface area contributed by atoms with E-state index in [4.69, 9.17) is 9.47 Å². The van der Waals surface area contributed by atoms with Gasteiger partial charge in [0.25, 0.3) is 0 Å². The van der Waals surface area contributed by atoms with Crippen LogP contribution in [0, 0.1) is 5.92 Å². The first-order chi connectivity index (χ1) is 15.3. The third kappa shape index (κ3) is 5.04. The number of anilines is 2. The summed E-state index contributed by atoms with van der Waals surface area (Å²) >= 11 is 0. The van der Waals surface area contributed by atoms with Crippen LogP contribution in [-0.4, -0.2) is 37.7 Å². The highest BCUT2D eigenvalue weighted by molar-refractivity contribution is 6.03. The minimum absolute atomic E-state index is 0.0220. The zero-order valence-electron chi connectivity index (χ0n) is 17.2. The summed E-state index contributed by atoms with van der Waals surface area (Å²) in [7, 11) is 0. The molecule has 1 N–H and O–H groups in total. The van der Waals surface area contributed by atoms with Crippen molar-refractivity contribution in [3.05, 3.63) is 54.1 Å². The lowest BCUT2D eigenvalue weighted by Crippen LogP contribution is -2.28. The Labute approximate surface area is 183 Å². The molecule has 2 atom stereocenters. The van der Waals surface area contributed by atoms with Crippen LogP contribution in [0.5, 0.6) is 5.75 Å². The van der Waals surface area contributed by atoms with Gasteiger partial charge in [-0.1, -0.05) is 18.2 Å². The molecular formula is C23H23F3N2O4. The zero-order chi connectivity index (χ0) is 22.7. The largest absolute Gasteiger partial charge is 0.489 e. The average Bonchev–Trinajstić information content (AvgIpc) is 3.42. The lowest BCUT2D eigenvalue weighted by Gasteiger charge is -2.19. The first-order valence-corrected chi connectivity index (χ1v) is 10.4. The van der Waals surface area contributed by atoms with Crippen LogP contribution < -0.4 is 15.0 Å². The highest BCUT2D eigenvalue weighted by atomic mass is 19.4. The number of benzene rings is 2. The van der Waals surface area contributed by atoms with E-state index in [2.05, 4.69) is 5.32 Å². The smallest absolute Gasteiger partial charge is 0.416 e. The Hall–Kier alpha value is -3.07. The van der Waals surface area contributed by atoms with Crippen LogP contribution >= 0.6 is 0 Å². The van der Waals surface area contributed by atoms with E-state index in [9.17, 15) is 22.8 Å². The Balaban J connectivity index is 1.49. The Kier molecular flexibility index (Phi) is 6.36. The van der Waals surface area contributed by atoms with Crippen LogP contribution in [0.3, 0.4) is 0 Å². The van der Waals surface area contributed by atoms with E-state index in [1.807, 2.05) is 6.07 Å². The van der Waals surface area contributed by atoms with Gasteiger partial charge in [-0.2, -0.15) is 13.2 Å². The molecule has 0 radical (unpaired) electrons. The number of nitrogens with zero attached hydrogens (tertiary/aromatic N) is 1. The fraction of sp³-hybridized carbons (Fsp3) is 0.391. The van der Waals surface area contributed by atoms with Crippen molar-refractivity contribution in [3.8, 4) is 5.75 Å². The van der Waals surface area contributed by atoms with Crippen LogP contribution in [0.25, 0.3) is 0 Å². The van der Waals surface area contributed by atoms with E-state index in [0.717, 1.165) is 25.0 Å². The first-order valence-electron chi connectivity index (χ1n) is 10.4. The molecule has 9 heteroatoms. The van der Waals surface area contributed by atoms with Crippen LogP contribution in [-0.2, 0) is 20.5 Å². The van der Waals surface area contributed by atoms with E-state index in [-0.39, 0.29) is 43.0 Å². The Bertz CT molecular complexity index is 975. The molecular weight excluding hydrogens is 425 g/mol. The molecule has 0 saturated carbocycles. The summed E-state index contributed by atoms with van der Waals surface area (Å²) in [6.07, 6.45) is -3.01. The summed E-state index contributed by atoms with van der Waals surface area (Å²) in [5, 5.41) is 2.55. The van der Waals surface area contributed by atoms with Crippen molar-refractivity contribution in [1.29, 1.82) is 0 Å². The molecule has 6 nitrogen and oxygen atoms in total. The van der Waals surface area contributed by atoms with Gasteiger partial charge in [0, 0.05) is 25.3 Å². The molecule has 0 unspecified atom stereocenters. The van der Waals surface area contributed by atoms with Gasteiger partial charge in [-0.25, -0.2) is 0 Å². The second-order valence-electron chi connectivity index (χ2n) is 7.88. The summed E-state index contributed by atoms with van der Waals surface area (Å²) in [4.78, 5) is 26.8. The number of amides is 2. The van der Waals surface area contributed by atoms with E-state index >= 15 is 0 Å². The molecule has 0 aliphatic carbocycles. The Morgan fingerprint density at radius 3 is 2.66 bits per heavy atom. The van der Waals surface area contributed by atoms with Gasteiger partial charge in [-0.15, -0.1) is 0 Å². The van der Waals surface area contributed by atoms with E-state index in [1.54, 1.807) is 24.3 Å². The molecule has 0 bridgehead atoms. The van der Waals surface area contributed by atoms with E-state index < -0.39 is 23.6 Å². The van der Waals surface area contributed by atoms with Crippen LogP contribution in [0.15, 0.2) is 48.5 Å². The number of halogens is 3. The van der Waals surface area contributed by atoms with E-state index in [1.165, 1.54) is 11.0 Å². The number of hydrogen-bond donors (Lipinski definition) is 1. The maximum absolute atomic E-state index is 13.2. The normalized spacial score (nSPS) is 21.1. The molecule has 2 aromatic carbocycles. The van der Waals surface area contributed by atoms with E-state index in [0.29, 0.717) is 12.3 Å². The minimum atomic E-state index is -4.57. The lowest BCUT2D eigenvalue weighted by atomic mass is 10.1.